The Kier molecular flexibility index (Phi) is 5.14. The molecule has 3 N–H and O–H groups in total. The standard InChI is InChI=1S/C13H13N3O2S2/c14-11(17)6-9-7-20-13(15-9)16-12(18)8-19-10-4-2-1-3-5-10/h1-5,7H,6,8H2,(H2,14,17)(H,15,16,18). The highest BCUT2D eigenvalue weighted by molar-refractivity contribution is 8.00. The summed E-state index contributed by atoms with van der Waals surface area (Å²) < 4.78 is 0. The Hall–Kier alpha value is -1.86. The number of amides is 2. The van der Waals surface area contributed by atoms with Crippen molar-refractivity contribution in [3.05, 3.63) is 41.4 Å². The lowest BCUT2D eigenvalue weighted by molar-refractivity contribution is -0.117. The van der Waals surface area contributed by atoms with Crippen LogP contribution in [-0.2, 0) is 16.0 Å². The summed E-state index contributed by atoms with van der Waals surface area (Å²) in [4.78, 5) is 27.7. The molecule has 0 spiro atoms. The van der Waals surface area contributed by atoms with Crippen molar-refractivity contribution in [2.75, 3.05) is 11.1 Å². The van der Waals surface area contributed by atoms with Crippen molar-refractivity contribution < 1.29 is 9.59 Å². The van der Waals surface area contributed by atoms with E-state index in [1.165, 1.54) is 23.1 Å². The Morgan fingerprint density at radius 2 is 2.05 bits per heavy atom. The Balaban J connectivity index is 1.82. The van der Waals surface area contributed by atoms with E-state index in [0.717, 1.165) is 4.90 Å². The smallest absolute Gasteiger partial charge is 0.236 e. The first-order valence-electron chi connectivity index (χ1n) is 5.84. The lowest BCUT2D eigenvalue weighted by Crippen LogP contribution is -2.15. The molecule has 20 heavy (non-hydrogen) atoms. The van der Waals surface area contributed by atoms with Gasteiger partial charge in [-0.3, -0.25) is 9.59 Å². The van der Waals surface area contributed by atoms with E-state index in [1.807, 2.05) is 30.3 Å². The summed E-state index contributed by atoms with van der Waals surface area (Å²) in [5.74, 6) is -0.249. The van der Waals surface area contributed by atoms with Gasteiger partial charge in [0.2, 0.25) is 11.8 Å². The zero-order chi connectivity index (χ0) is 14.4. The summed E-state index contributed by atoms with van der Waals surface area (Å²) in [7, 11) is 0. The number of hydrogen-bond acceptors (Lipinski definition) is 5. The van der Waals surface area contributed by atoms with Crippen molar-refractivity contribution in [2.45, 2.75) is 11.3 Å². The second-order valence-electron chi connectivity index (χ2n) is 3.94. The van der Waals surface area contributed by atoms with Crippen LogP contribution in [0.5, 0.6) is 0 Å². The van der Waals surface area contributed by atoms with Gasteiger partial charge in [0, 0.05) is 10.3 Å². The van der Waals surface area contributed by atoms with E-state index in [4.69, 9.17) is 5.73 Å². The molecule has 0 aliphatic carbocycles. The van der Waals surface area contributed by atoms with Crippen LogP contribution in [0.2, 0.25) is 0 Å². The predicted octanol–water partition coefficient (Wildman–Crippen LogP) is 1.90. The van der Waals surface area contributed by atoms with Gasteiger partial charge in [0.25, 0.3) is 0 Å². The molecule has 104 valence electrons. The van der Waals surface area contributed by atoms with Gasteiger partial charge in [-0.05, 0) is 12.1 Å². The molecular weight excluding hydrogens is 294 g/mol. The monoisotopic (exact) mass is 307 g/mol. The lowest BCUT2D eigenvalue weighted by atomic mass is 10.3. The number of benzene rings is 1. The zero-order valence-electron chi connectivity index (χ0n) is 10.5. The number of thioether (sulfide) groups is 1. The molecule has 5 nitrogen and oxygen atoms in total. The van der Waals surface area contributed by atoms with Crippen LogP contribution in [0.1, 0.15) is 5.69 Å². The normalized spacial score (nSPS) is 10.2. The second kappa shape index (κ2) is 7.06. The Bertz CT molecular complexity index is 599. The van der Waals surface area contributed by atoms with Gasteiger partial charge in [-0.25, -0.2) is 4.98 Å². The number of nitrogens with two attached hydrogens (primary N) is 1. The van der Waals surface area contributed by atoms with Crippen molar-refractivity contribution in [3.8, 4) is 0 Å². The maximum atomic E-state index is 11.8. The van der Waals surface area contributed by atoms with Crippen molar-refractivity contribution in [3.63, 3.8) is 0 Å². The summed E-state index contributed by atoms with van der Waals surface area (Å²) >= 11 is 2.74. The molecule has 0 aliphatic rings. The van der Waals surface area contributed by atoms with Gasteiger partial charge in [-0.1, -0.05) is 18.2 Å². The average molecular weight is 307 g/mol. The van der Waals surface area contributed by atoms with E-state index in [0.29, 0.717) is 16.6 Å². The van der Waals surface area contributed by atoms with Crippen LogP contribution < -0.4 is 11.1 Å². The molecule has 0 saturated carbocycles. The molecule has 1 heterocycles. The fourth-order valence-electron chi connectivity index (χ4n) is 1.45. The number of carbonyl (C=O) groups excluding carboxylic acids is 2. The number of thiazole rings is 1. The molecule has 0 aliphatic heterocycles. The Morgan fingerprint density at radius 1 is 1.30 bits per heavy atom. The van der Waals surface area contributed by atoms with Crippen molar-refractivity contribution in [1.29, 1.82) is 0 Å². The molecule has 2 amide bonds. The van der Waals surface area contributed by atoms with Crippen molar-refractivity contribution in [2.24, 2.45) is 5.73 Å². The topological polar surface area (TPSA) is 85.1 Å². The third-order valence-corrected chi connectivity index (χ3v) is 4.09. The third kappa shape index (κ3) is 4.67. The number of anilines is 1. The molecule has 7 heteroatoms. The molecule has 0 saturated heterocycles. The number of nitrogens with zero attached hydrogens (tertiary/aromatic N) is 1. The number of nitrogens with one attached hydrogen (secondary N) is 1. The molecule has 0 radical (unpaired) electrons. The van der Waals surface area contributed by atoms with Crippen molar-refractivity contribution >= 4 is 40.0 Å². The molecule has 0 bridgehead atoms. The first-order chi connectivity index (χ1) is 9.63. The molecule has 0 fully saturated rings. The highest BCUT2D eigenvalue weighted by Gasteiger charge is 2.08. The van der Waals surface area contributed by atoms with Crippen LogP contribution in [-0.4, -0.2) is 22.6 Å². The van der Waals surface area contributed by atoms with Gasteiger partial charge >= 0.3 is 0 Å². The quantitative estimate of drug-likeness (QED) is 0.798. The average Bonchev–Trinajstić information content (AvgIpc) is 2.84. The first-order valence-corrected chi connectivity index (χ1v) is 7.70. The number of carbonyl (C=O) groups is 2. The van der Waals surface area contributed by atoms with E-state index >= 15 is 0 Å². The molecule has 2 aromatic rings. The second-order valence-corrected chi connectivity index (χ2v) is 5.84. The van der Waals surface area contributed by atoms with E-state index in [1.54, 1.807) is 5.38 Å². The van der Waals surface area contributed by atoms with Gasteiger partial charge in [-0.2, -0.15) is 0 Å². The maximum Gasteiger partial charge on any atom is 0.236 e. The van der Waals surface area contributed by atoms with Crippen LogP contribution in [0, 0.1) is 0 Å². The molecule has 1 aromatic carbocycles. The summed E-state index contributed by atoms with van der Waals surface area (Å²) in [5, 5.41) is 4.90. The minimum Gasteiger partial charge on any atom is -0.369 e. The van der Waals surface area contributed by atoms with Crippen LogP contribution in [0.15, 0.2) is 40.6 Å². The van der Waals surface area contributed by atoms with E-state index < -0.39 is 5.91 Å². The number of aromatic nitrogens is 1. The molecule has 2 rings (SSSR count). The van der Waals surface area contributed by atoms with E-state index in [-0.39, 0.29) is 12.3 Å². The minimum absolute atomic E-state index is 0.0884. The van der Waals surface area contributed by atoms with Gasteiger partial charge in [0.1, 0.15) is 0 Å². The van der Waals surface area contributed by atoms with Crippen molar-refractivity contribution in [1.82, 2.24) is 4.98 Å². The molecular formula is C13H13N3O2S2. The van der Waals surface area contributed by atoms with Crippen LogP contribution in [0.3, 0.4) is 0 Å². The number of hydrogen-bond donors (Lipinski definition) is 2. The number of primary amides is 1. The van der Waals surface area contributed by atoms with Crippen LogP contribution in [0.25, 0.3) is 0 Å². The van der Waals surface area contributed by atoms with E-state index in [9.17, 15) is 9.59 Å². The highest BCUT2D eigenvalue weighted by Crippen LogP contribution is 2.19. The molecule has 0 atom stereocenters. The first kappa shape index (κ1) is 14.5. The summed E-state index contributed by atoms with van der Waals surface area (Å²) in [5.41, 5.74) is 5.66. The minimum atomic E-state index is -0.437. The molecule has 1 aromatic heterocycles. The summed E-state index contributed by atoms with van der Waals surface area (Å²) in [6.45, 7) is 0. The SMILES string of the molecule is NC(=O)Cc1csc(NC(=O)CSc2ccccc2)n1. The Morgan fingerprint density at radius 3 is 2.75 bits per heavy atom. The maximum absolute atomic E-state index is 11.8. The fraction of sp³-hybridized carbons (Fsp3) is 0.154. The third-order valence-electron chi connectivity index (χ3n) is 2.27. The zero-order valence-corrected chi connectivity index (χ0v) is 12.2. The molecule has 0 unspecified atom stereocenters. The van der Waals surface area contributed by atoms with Gasteiger partial charge in [0.15, 0.2) is 5.13 Å². The van der Waals surface area contributed by atoms with Crippen LogP contribution in [0.4, 0.5) is 5.13 Å². The Labute approximate surface area is 124 Å². The highest BCUT2D eigenvalue weighted by atomic mass is 32.2. The van der Waals surface area contributed by atoms with Gasteiger partial charge in [0.05, 0.1) is 17.9 Å². The van der Waals surface area contributed by atoms with Gasteiger partial charge in [-0.15, -0.1) is 23.1 Å². The summed E-state index contributed by atoms with van der Waals surface area (Å²) in [6, 6.07) is 9.69. The lowest BCUT2D eigenvalue weighted by Gasteiger charge is -2.01. The van der Waals surface area contributed by atoms with Gasteiger partial charge < -0.3 is 11.1 Å². The predicted molar refractivity (Wildman–Crippen MR) is 80.8 cm³/mol. The fourth-order valence-corrected chi connectivity index (χ4v) is 2.89. The number of rotatable bonds is 6. The summed E-state index contributed by atoms with van der Waals surface area (Å²) in [6.07, 6.45) is 0.0884. The van der Waals surface area contributed by atoms with E-state index in [2.05, 4.69) is 10.3 Å². The van der Waals surface area contributed by atoms with Crippen LogP contribution >= 0.6 is 23.1 Å². The largest absolute Gasteiger partial charge is 0.369 e.